The van der Waals surface area contributed by atoms with E-state index in [9.17, 15) is 0 Å². The van der Waals surface area contributed by atoms with Gasteiger partial charge in [-0.05, 0) is 40.7 Å². The first-order chi connectivity index (χ1) is 13.3. The Morgan fingerprint density at radius 2 is 1.43 bits per heavy atom. The first-order valence-electron chi connectivity index (χ1n) is 9.78. The molecule has 0 radical (unpaired) electrons. The Hall–Kier alpha value is -1.59. The van der Waals surface area contributed by atoms with Crippen molar-refractivity contribution < 1.29 is 0 Å². The molecule has 4 aromatic rings. The van der Waals surface area contributed by atoms with E-state index in [1.54, 1.807) is 0 Å². The van der Waals surface area contributed by atoms with E-state index in [0.29, 0.717) is 5.92 Å². The number of rotatable bonds is 3. The molecule has 0 aliphatic heterocycles. The molecule has 0 atom stereocenters. The number of hydrogen-bond acceptors (Lipinski definition) is 2. The van der Waals surface area contributed by atoms with Crippen LogP contribution in [0.4, 0.5) is 11.4 Å². The summed E-state index contributed by atoms with van der Waals surface area (Å²) in [5.74, 6) is 0.554. The molecule has 1 heterocycles. The predicted octanol–water partition coefficient (Wildman–Crippen LogP) is 8.96. The number of thiophene rings is 1. The van der Waals surface area contributed by atoms with Crippen LogP contribution in [0.3, 0.4) is 0 Å². The molecule has 0 amide bonds. The lowest BCUT2D eigenvalue weighted by Gasteiger charge is -2.19. The molecule has 0 bridgehead atoms. The van der Waals surface area contributed by atoms with Crippen LogP contribution in [0.5, 0.6) is 0 Å². The molecule has 0 saturated carbocycles. The molecule has 0 aliphatic carbocycles. The fourth-order valence-corrected chi connectivity index (χ4v) is 6.10. The number of halogens is 1. The van der Waals surface area contributed by atoms with Crippen molar-refractivity contribution >= 4 is 65.7 Å². The standard InChI is InChI=1S/C25H26INS/c1-16(2)17-12-14-18(15-13-17)27(26)22-11-7-9-20-19-8-6-10-21(25(3,4)5)23(19)28-24(20)22/h6-16H,1-5H3. The van der Waals surface area contributed by atoms with Crippen molar-refractivity contribution in [1.29, 1.82) is 0 Å². The van der Waals surface area contributed by atoms with Crippen LogP contribution in [-0.4, -0.2) is 0 Å². The van der Waals surface area contributed by atoms with Gasteiger partial charge >= 0.3 is 0 Å². The molecular formula is C25H26INS. The Kier molecular flexibility index (Phi) is 5.17. The highest BCUT2D eigenvalue weighted by Gasteiger charge is 2.21. The zero-order chi connectivity index (χ0) is 20.1. The fourth-order valence-electron chi connectivity index (χ4n) is 3.68. The Morgan fingerprint density at radius 3 is 2.04 bits per heavy atom. The molecule has 0 N–H and O–H groups in total. The van der Waals surface area contributed by atoms with Gasteiger partial charge in [-0.1, -0.05) is 77.1 Å². The van der Waals surface area contributed by atoms with Gasteiger partial charge in [0.25, 0.3) is 0 Å². The highest BCUT2D eigenvalue weighted by Crippen LogP contribution is 2.45. The van der Waals surface area contributed by atoms with Crippen LogP contribution in [0.2, 0.25) is 0 Å². The Morgan fingerprint density at radius 1 is 0.821 bits per heavy atom. The van der Waals surface area contributed by atoms with Gasteiger partial charge in [0.15, 0.2) is 0 Å². The molecule has 144 valence electrons. The highest BCUT2D eigenvalue weighted by molar-refractivity contribution is 14.1. The third-order valence-electron chi connectivity index (χ3n) is 5.31. The van der Waals surface area contributed by atoms with Gasteiger partial charge < -0.3 is 0 Å². The Labute approximate surface area is 185 Å². The maximum atomic E-state index is 2.44. The minimum atomic E-state index is 0.136. The fraction of sp³-hybridized carbons (Fsp3) is 0.280. The zero-order valence-electron chi connectivity index (χ0n) is 17.1. The minimum Gasteiger partial charge on any atom is -0.282 e. The molecular weight excluding hydrogens is 473 g/mol. The second kappa shape index (κ2) is 7.34. The molecule has 4 rings (SSSR count). The lowest BCUT2D eigenvalue weighted by Crippen LogP contribution is -2.10. The number of nitrogens with zero attached hydrogens (tertiary/aromatic N) is 1. The average molecular weight is 499 g/mol. The molecule has 28 heavy (non-hydrogen) atoms. The second-order valence-corrected chi connectivity index (χ2v) is 10.7. The highest BCUT2D eigenvalue weighted by atomic mass is 127. The Balaban J connectivity index is 1.88. The van der Waals surface area contributed by atoms with Crippen molar-refractivity contribution in [2.45, 2.75) is 46.0 Å². The summed E-state index contributed by atoms with van der Waals surface area (Å²) in [6.07, 6.45) is 0. The predicted molar refractivity (Wildman–Crippen MR) is 135 cm³/mol. The molecule has 3 aromatic carbocycles. The Bertz CT molecular complexity index is 1130. The van der Waals surface area contributed by atoms with Gasteiger partial charge in [-0.3, -0.25) is 3.11 Å². The van der Waals surface area contributed by atoms with Gasteiger partial charge in [-0.25, -0.2) is 0 Å². The summed E-state index contributed by atoms with van der Waals surface area (Å²) in [5.41, 5.74) is 5.42. The van der Waals surface area contributed by atoms with E-state index in [0.717, 1.165) is 0 Å². The maximum Gasteiger partial charge on any atom is 0.0689 e. The van der Waals surface area contributed by atoms with Gasteiger partial charge in [0.05, 0.1) is 38.9 Å². The smallest absolute Gasteiger partial charge is 0.0689 e. The molecule has 0 saturated heterocycles. The summed E-state index contributed by atoms with van der Waals surface area (Å²) in [6.45, 7) is 11.4. The van der Waals surface area contributed by atoms with Crippen molar-refractivity contribution in [1.82, 2.24) is 0 Å². The van der Waals surface area contributed by atoms with Gasteiger partial charge in [-0.2, -0.15) is 0 Å². The van der Waals surface area contributed by atoms with Crippen LogP contribution >= 0.6 is 34.2 Å². The molecule has 0 unspecified atom stereocenters. The largest absolute Gasteiger partial charge is 0.282 e. The second-order valence-electron chi connectivity index (χ2n) is 8.72. The average Bonchev–Trinajstić information content (AvgIpc) is 3.05. The zero-order valence-corrected chi connectivity index (χ0v) is 20.1. The normalized spacial score (nSPS) is 12.2. The van der Waals surface area contributed by atoms with Crippen LogP contribution in [-0.2, 0) is 5.41 Å². The van der Waals surface area contributed by atoms with Crippen LogP contribution in [0, 0.1) is 0 Å². The van der Waals surface area contributed by atoms with Gasteiger partial charge in [-0.15, -0.1) is 11.3 Å². The van der Waals surface area contributed by atoms with Crippen molar-refractivity contribution in [2.24, 2.45) is 0 Å². The van der Waals surface area contributed by atoms with Crippen molar-refractivity contribution in [3.05, 3.63) is 71.8 Å². The third kappa shape index (κ3) is 3.43. The van der Waals surface area contributed by atoms with Gasteiger partial charge in [0, 0.05) is 15.5 Å². The first kappa shape index (κ1) is 19.7. The maximum absolute atomic E-state index is 2.44. The summed E-state index contributed by atoms with van der Waals surface area (Å²) in [5, 5.41) is 2.72. The van der Waals surface area contributed by atoms with E-state index in [-0.39, 0.29) is 5.41 Å². The van der Waals surface area contributed by atoms with E-state index in [1.807, 2.05) is 11.3 Å². The van der Waals surface area contributed by atoms with Gasteiger partial charge in [0.1, 0.15) is 0 Å². The van der Waals surface area contributed by atoms with E-state index in [1.165, 1.54) is 42.7 Å². The lowest BCUT2D eigenvalue weighted by molar-refractivity contribution is 0.597. The van der Waals surface area contributed by atoms with Crippen LogP contribution in [0.25, 0.3) is 20.2 Å². The number of benzene rings is 3. The van der Waals surface area contributed by atoms with E-state index >= 15 is 0 Å². The minimum absolute atomic E-state index is 0.136. The molecule has 1 aromatic heterocycles. The SMILES string of the molecule is CC(C)c1ccc(N(I)c2cccc3c2sc2c(C(C)(C)C)cccc23)cc1. The molecule has 0 aliphatic rings. The van der Waals surface area contributed by atoms with Crippen LogP contribution < -0.4 is 3.11 Å². The summed E-state index contributed by atoms with van der Waals surface area (Å²) in [7, 11) is 0. The summed E-state index contributed by atoms with van der Waals surface area (Å²) in [6, 6.07) is 22.4. The van der Waals surface area contributed by atoms with Crippen molar-refractivity contribution in [3.63, 3.8) is 0 Å². The van der Waals surface area contributed by atoms with Crippen LogP contribution in [0.1, 0.15) is 51.7 Å². The lowest BCUT2D eigenvalue weighted by atomic mass is 9.86. The van der Waals surface area contributed by atoms with Crippen LogP contribution in [0.15, 0.2) is 60.7 Å². The number of anilines is 2. The number of hydrogen-bond donors (Lipinski definition) is 0. The molecule has 3 heteroatoms. The topological polar surface area (TPSA) is 3.24 Å². The monoisotopic (exact) mass is 499 g/mol. The van der Waals surface area contributed by atoms with Crippen molar-refractivity contribution in [3.8, 4) is 0 Å². The number of fused-ring (bicyclic) bond motifs is 3. The van der Waals surface area contributed by atoms with Crippen molar-refractivity contribution in [2.75, 3.05) is 3.11 Å². The molecule has 1 nitrogen and oxygen atoms in total. The molecule has 0 fully saturated rings. The van der Waals surface area contributed by atoms with E-state index in [2.05, 4.69) is 121 Å². The summed E-state index contributed by atoms with van der Waals surface area (Å²) in [4.78, 5) is 0. The quantitative estimate of drug-likeness (QED) is 0.201. The van der Waals surface area contributed by atoms with E-state index < -0.39 is 0 Å². The van der Waals surface area contributed by atoms with Gasteiger partial charge in [0.2, 0.25) is 0 Å². The van der Waals surface area contributed by atoms with E-state index in [4.69, 9.17) is 0 Å². The molecule has 0 spiro atoms. The first-order valence-corrected chi connectivity index (χ1v) is 11.6. The third-order valence-corrected chi connectivity index (χ3v) is 7.66. The summed E-state index contributed by atoms with van der Waals surface area (Å²) < 4.78 is 5.06. The summed E-state index contributed by atoms with van der Waals surface area (Å²) >= 11 is 4.37.